The Morgan fingerprint density at radius 2 is 1.96 bits per heavy atom. The minimum absolute atomic E-state index is 0.0735. The summed E-state index contributed by atoms with van der Waals surface area (Å²) in [4.78, 5) is 21.0. The molecule has 0 saturated carbocycles. The molecule has 3 aromatic rings. The molecule has 0 aliphatic carbocycles. The molecule has 1 amide bonds. The van der Waals surface area contributed by atoms with Gasteiger partial charge in [-0.15, -0.1) is 5.10 Å². The first-order valence-corrected chi connectivity index (χ1v) is 8.77. The molecule has 0 bridgehead atoms. The molecule has 136 valence electrons. The van der Waals surface area contributed by atoms with Crippen molar-refractivity contribution >= 4 is 29.1 Å². The van der Waals surface area contributed by atoms with Crippen LogP contribution >= 0.6 is 11.8 Å². The van der Waals surface area contributed by atoms with Crippen molar-refractivity contribution < 1.29 is 13.6 Å². The quantitative estimate of drug-likeness (QED) is 0.705. The highest BCUT2D eigenvalue weighted by atomic mass is 32.2. The average Bonchev–Trinajstić information content (AvgIpc) is 2.97. The van der Waals surface area contributed by atoms with Gasteiger partial charge in [-0.05, 0) is 45.4 Å². The van der Waals surface area contributed by atoms with Gasteiger partial charge in [-0.2, -0.15) is 4.98 Å². The number of rotatable bonds is 4. The molecule has 6 nitrogen and oxygen atoms in total. The predicted molar refractivity (Wildman–Crippen MR) is 95.3 cm³/mol. The van der Waals surface area contributed by atoms with Crippen molar-refractivity contribution in [1.82, 2.24) is 19.6 Å². The molecule has 1 atom stereocenters. The van der Waals surface area contributed by atoms with E-state index in [1.807, 2.05) is 20.8 Å². The average molecular weight is 377 g/mol. The Morgan fingerprint density at radius 1 is 1.23 bits per heavy atom. The van der Waals surface area contributed by atoms with Crippen LogP contribution in [-0.2, 0) is 4.79 Å². The normalized spacial score (nSPS) is 12.4. The smallest absolute Gasteiger partial charge is 0.253 e. The van der Waals surface area contributed by atoms with Gasteiger partial charge in [-0.3, -0.25) is 4.79 Å². The van der Waals surface area contributed by atoms with E-state index in [4.69, 9.17) is 0 Å². The van der Waals surface area contributed by atoms with E-state index in [9.17, 15) is 13.6 Å². The van der Waals surface area contributed by atoms with Crippen molar-refractivity contribution in [2.75, 3.05) is 5.32 Å². The zero-order valence-electron chi connectivity index (χ0n) is 14.7. The van der Waals surface area contributed by atoms with Crippen LogP contribution in [0.15, 0.2) is 23.4 Å². The summed E-state index contributed by atoms with van der Waals surface area (Å²) >= 11 is 1.13. The van der Waals surface area contributed by atoms with E-state index in [2.05, 4.69) is 20.4 Å². The highest BCUT2D eigenvalue weighted by Crippen LogP contribution is 2.23. The van der Waals surface area contributed by atoms with Crippen LogP contribution in [0.4, 0.5) is 14.5 Å². The second-order valence-corrected chi connectivity index (χ2v) is 7.20. The van der Waals surface area contributed by atoms with Crippen LogP contribution in [0.5, 0.6) is 0 Å². The van der Waals surface area contributed by atoms with Crippen molar-refractivity contribution in [3.63, 3.8) is 0 Å². The third kappa shape index (κ3) is 3.52. The van der Waals surface area contributed by atoms with E-state index in [-0.39, 0.29) is 5.69 Å². The highest BCUT2D eigenvalue weighted by molar-refractivity contribution is 8.00. The highest BCUT2D eigenvalue weighted by Gasteiger charge is 2.20. The van der Waals surface area contributed by atoms with Gasteiger partial charge in [0, 0.05) is 17.5 Å². The third-order valence-electron chi connectivity index (χ3n) is 4.08. The van der Waals surface area contributed by atoms with E-state index in [0.29, 0.717) is 10.9 Å². The summed E-state index contributed by atoms with van der Waals surface area (Å²) < 4.78 is 28.2. The maximum absolute atomic E-state index is 13.7. The summed E-state index contributed by atoms with van der Waals surface area (Å²) in [6.07, 6.45) is 0. The molecule has 2 aromatic heterocycles. The van der Waals surface area contributed by atoms with E-state index in [1.54, 1.807) is 11.4 Å². The number of anilines is 1. The van der Waals surface area contributed by atoms with Crippen molar-refractivity contribution in [3.8, 4) is 0 Å². The van der Waals surface area contributed by atoms with Crippen LogP contribution < -0.4 is 5.32 Å². The number of thioether (sulfide) groups is 1. The molecule has 0 aliphatic heterocycles. The van der Waals surface area contributed by atoms with Gasteiger partial charge in [0.05, 0.1) is 10.9 Å². The zero-order valence-corrected chi connectivity index (χ0v) is 15.5. The first-order chi connectivity index (χ1) is 12.3. The molecule has 0 radical (unpaired) electrons. The molecule has 3 rings (SSSR count). The van der Waals surface area contributed by atoms with Crippen molar-refractivity contribution in [3.05, 3.63) is 46.8 Å². The lowest BCUT2D eigenvalue weighted by atomic mass is 10.2. The van der Waals surface area contributed by atoms with E-state index in [1.165, 1.54) is 6.07 Å². The summed E-state index contributed by atoms with van der Waals surface area (Å²) in [6.45, 7) is 7.44. The number of nitrogens with zero attached hydrogens (tertiary/aromatic N) is 4. The Balaban J connectivity index is 1.77. The van der Waals surface area contributed by atoms with Crippen LogP contribution in [0, 0.1) is 32.4 Å². The SMILES string of the molecule is Cc1nc2nc(S[C@H](C)C(=O)Nc3ccc(F)cc3F)nn2c(C)c1C. The molecule has 9 heteroatoms. The van der Waals surface area contributed by atoms with Crippen molar-refractivity contribution in [2.24, 2.45) is 0 Å². The van der Waals surface area contributed by atoms with Gasteiger partial charge in [0.25, 0.3) is 5.78 Å². The fraction of sp³-hybridized carbons (Fsp3) is 0.294. The molecule has 0 saturated heterocycles. The molecular formula is C17H17F2N5OS. The number of amides is 1. The Kier molecular flexibility index (Phi) is 4.90. The summed E-state index contributed by atoms with van der Waals surface area (Å²) in [6, 6.07) is 2.98. The molecular weight excluding hydrogens is 360 g/mol. The van der Waals surface area contributed by atoms with E-state index >= 15 is 0 Å². The second kappa shape index (κ2) is 6.99. The maximum atomic E-state index is 13.7. The number of aromatic nitrogens is 4. The monoisotopic (exact) mass is 377 g/mol. The van der Waals surface area contributed by atoms with E-state index in [0.717, 1.165) is 40.8 Å². The number of carbonyl (C=O) groups excluding carboxylic acids is 1. The number of nitrogens with one attached hydrogen (secondary N) is 1. The van der Waals surface area contributed by atoms with Crippen LogP contribution in [0.2, 0.25) is 0 Å². The lowest BCUT2D eigenvalue weighted by molar-refractivity contribution is -0.115. The Hall–Kier alpha value is -2.55. The minimum atomic E-state index is -0.827. The summed E-state index contributed by atoms with van der Waals surface area (Å²) in [5.41, 5.74) is 2.75. The van der Waals surface area contributed by atoms with Crippen LogP contribution in [-0.4, -0.2) is 30.7 Å². The first-order valence-electron chi connectivity index (χ1n) is 7.89. The number of fused-ring (bicyclic) bond motifs is 1. The van der Waals surface area contributed by atoms with Gasteiger partial charge in [0.2, 0.25) is 11.1 Å². The summed E-state index contributed by atoms with van der Waals surface area (Å²) in [5, 5.41) is 6.63. The van der Waals surface area contributed by atoms with Gasteiger partial charge < -0.3 is 5.32 Å². The Labute approximate surface area is 153 Å². The number of carbonyl (C=O) groups is 1. The Bertz CT molecular complexity index is 1000. The molecule has 1 N–H and O–H groups in total. The molecule has 1 aromatic carbocycles. The lowest BCUT2D eigenvalue weighted by Gasteiger charge is -2.10. The predicted octanol–water partition coefficient (Wildman–Crippen LogP) is 3.45. The van der Waals surface area contributed by atoms with Gasteiger partial charge in [0.1, 0.15) is 11.6 Å². The van der Waals surface area contributed by atoms with Crippen LogP contribution in [0.3, 0.4) is 0 Å². The largest absolute Gasteiger partial charge is 0.323 e. The second-order valence-electron chi connectivity index (χ2n) is 5.89. The van der Waals surface area contributed by atoms with Crippen LogP contribution in [0.25, 0.3) is 5.78 Å². The molecule has 2 heterocycles. The van der Waals surface area contributed by atoms with Gasteiger partial charge >= 0.3 is 0 Å². The van der Waals surface area contributed by atoms with Gasteiger partial charge in [-0.1, -0.05) is 11.8 Å². The Morgan fingerprint density at radius 3 is 2.65 bits per heavy atom. The summed E-state index contributed by atoms with van der Waals surface area (Å²) in [5.74, 6) is -1.50. The number of aryl methyl sites for hydroxylation is 2. The first kappa shape index (κ1) is 18.2. The molecule has 0 unspecified atom stereocenters. The fourth-order valence-electron chi connectivity index (χ4n) is 2.32. The third-order valence-corrected chi connectivity index (χ3v) is 5.03. The summed E-state index contributed by atoms with van der Waals surface area (Å²) in [7, 11) is 0. The molecule has 0 fully saturated rings. The van der Waals surface area contributed by atoms with Crippen molar-refractivity contribution in [1.29, 1.82) is 0 Å². The standard InChI is InChI=1S/C17H17F2N5OS/c1-8-9(2)20-16-22-17(23-24(16)10(8)3)26-11(4)15(25)21-14-6-5-12(18)7-13(14)19/h5-7,11H,1-4H3,(H,21,25)/t11-/m1/s1. The minimum Gasteiger partial charge on any atom is -0.323 e. The molecule has 0 spiro atoms. The van der Waals surface area contributed by atoms with Crippen molar-refractivity contribution in [2.45, 2.75) is 38.1 Å². The maximum Gasteiger partial charge on any atom is 0.253 e. The number of hydrogen-bond donors (Lipinski definition) is 1. The number of benzene rings is 1. The van der Waals surface area contributed by atoms with E-state index < -0.39 is 22.8 Å². The fourth-order valence-corrected chi connectivity index (χ4v) is 3.07. The zero-order chi connectivity index (χ0) is 19.0. The molecule has 26 heavy (non-hydrogen) atoms. The molecule has 0 aliphatic rings. The lowest BCUT2D eigenvalue weighted by Crippen LogP contribution is -2.23. The van der Waals surface area contributed by atoms with Crippen LogP contribution in [0.1, 0.15) is 23.9 Å². The van der Waals surface area contributed by atoms with Gasteiger partial charge in [-0.25, -0.2) is 18.3 Å². The van der Waals surface area contributed by atoms with Gasteiger partial charge in [0.15, 0.2) is 0 Å². The number of hydrogen-bond acceptors (Lipinski definition) is 5. The number of halogens is 2. The topological polar surface area (TPSA) is 72.2 Å².